The summed E-state index contributed by atoms with van der Waals surface area (Å²) in [5, 5.41) is -0.351. The second-order valence-corrected chi connectivity index (χ2v) is 7.67. The summed E-state index contributed by atoms with van der Waals surface area (Å²) in [4.78, 5) is 15.7. The van der Waals surface area contributed by atoms with Crippen molar-refractivity contribution in [2.24, 2.45) is 0 Å². The van der Waals surface area contributed by atoms with E-state index >= 15 is 0 Å². The third-order valence-corrected chi connectivity index (χ3v) is 5.69. The maximum absolute atomic E-state index is 12.9. The second kappa shape index (κ2) is 8.14. The van der Waals surface area contributed by atoms with Crippen LogP contribution in [-0.4, -0.2) is 26.5 Å². The number of hydrogen-bond acceptors (Lipinski definition) is 5. The van der Waals surface area contributed by atoms with Crippen LogP contribution in [0.5, 0.6) is 0 Å². The van der Waals surface area contributed by atoms with Gasteiger partial charge in [0, 0.05) is 6.20 Å². The van der Waals surface area contributed by atoms with Crippen LogP contribution < -0.4 is 0 Å². The minimum atomic E-state index is -3.99. The van der Waals surface area contributed by atoms with Gasteiger partial charge in [0.2, 0.25) is 9.84 Å². The van der Waals surface area contributed by atoms with Crippen LogP contribution in [0.1, 0.15) is 21.5 Å². The Balaban J connectivity index is 1.89. The molecule has 1 heterocycles. The molecular weight excluding hydrogens is 381 g/mol. The minimum absolute atomic E-state index is 0.00952. The van der Waals surface area contributed by atoms with Crippen molar-refractivity contribution in [3.05, 3.63) is 89.4 Å². The first kappa shape index (κ1) is 19.4. The minimum Gasteiger partial charge on any atom is -0.465 e. The highest BCUT2D eigenvalue weighted by molar-refractivity contribution is 7.91. The lowest BCUT2D eigenvalue weighted by Gasteiger charge is -2.08. The Kier molecular flexibility index (Phi) is 5.65. The predicted molar refractivity (Wildman–Crippen MR) is 103 cm³/mol. The van der Waals surface area contributed by atoms with Crippen LogP contribution >= 0.6 is 0 Å². The smallest absolute Gasteiger partial charge is 0.340 e. The van der Waals surface area contributed by atoms with Crippen molar-refractivity contribution in [2.45, 2.75) is 9.92 Å². The SMILES string of the molecule is COC(=O)c1cccnc1S(=O)(=O)c1ccc(C=Cc2ccc(F)cc2)cc1. The highest BCUT2D eigenvalue weighted by Crippen LogP contribution is 2.23. The monoisotopic (exact) mass is 397 g/mol. The summed E-state index contributed by atoms with van der Waals surface area (Å²) in [6, 6.07) is 15.0. The van der Waals surface area contributed by atoms with Crippen molar-refractivity contribution < 1.29 is 22.3 Å². The molecule has 0 spiro atoms. The number of carbonyl (C=O) groups excluding carboxylic acids is 1. The van der Waals surface area contributed by atoms with Crippen LogP contribution in [0.2, 0.25) is 0 Å². The van der Waals surface area contributed by atoms with E-state index in [9.17, 15) is 17.6 Å². The normalized spacial score (nSPS) is 11.5. The molecule has 1 aromatic heterocycles. The molecule has 0 atom stereocenters. The second-order valence-electron chi connectivity index (χ2n) is 5.81. The first-order valence-electron chi connectivity index (χ1n) is 8.24. The molecule has 5 nitrogen and oxygen atoms in total. The van der Waals surface area contributed by atoms with E-state index in [1.165, 1.54) is 49.7 Å². The number of esters is 1. The molecule has 0 saturated heterocycles. The number of methoxy groups -OCH3 is 1. The average Bonchev–Trinajstić information content (AvgIpc) is 2.73. The number of sulfone groups is 1. The number of hydrogen-bond donors (Lipinski definition) is 0. The summed E-state index contributed by atoms with van der Waals surface area (Å²) in [6.07, 6.45) is 4.88. The molecule has 2 aromatic carbocycles. The van der Waals surface area contributed by atoms with Gasteiger partial charge in [0.1, 0.15) is 5.82 Å². The van der Waals surface area contributed by atoms with E-state index in [4.69, 9.17) is 0 Å². The first-order valence-corrected chi connectivity index (χ1v) is 9.72. The van der Waals surface area contributed by atoms with E-state index in [-0.39, 0.29) is 21.3 Å². The van der Waals surface area contributed by atoms with Gasteiger partial charge in [-0.2, -0.15) is 0 Å². The number of rotatable bonds is 5. The quantitative estimate of drug-likeness (QED) is 0.480. The van der Waals surface area contributed by atoms with Gasteiger partial charge in [-0.15, -0.1) is 0 Å². The molecule has 0 aliphatic carbocycles. The molecule has 3 rings (SSSR count). The van der Waals surface area contributed by atoms with Gasteiger partial charge >= 0.3 is 5.97 Å². The molecule has 28 heavy (non-hydrogen) atoms. The van der Waals surface area contributed by atoms with Gasteiger partial charge in [-0.3, -0.25) is 0 Å². The summed E-state index contributed by atoms with van der Waals surface area (Å²) in [6.45, 7) is 0. The van der Waals surface area contributed by atoms with E-state index in [1.807, 2.05) is 0 Å². The molecule has 142 valence electrons. The van der Waals surface area contributed by atoms with Gasteiger partial charge in [-0.1, -0.05) is 36.4 Å². The molecule has 0 saturated carbocycles. The summed E-state index contributed by atoms with van der Waals surface area (Å²) >= 11 is 0. The number of aromatic nitrogens is 1. The number of halogens is 1. The standard InChI is InChI=1S/C21H16FNO4S/c1-27-21(24)19-3-2-14-23-20(19)28(25,26)18-12-8-16(9-13-18)5-4-15-6-10-17(22)11-7-15/h2-14H,1H3. The largest absolute Gasteiger partial charge is 0.465 e. The lowest BCUT2D eigenvalue weighted by molar-refractivity contribution is 0.0595. The zero-order valence-electron chi connectivity index (χ0n) is 14.9. The number of ether oxygens (including phenoxy) is 1. The van der Waals surface area contributed by atoms with Crippen molar-refractivity contribution in [2.75, 3.05) is 7.11 Å². The average molecular weight is 397 g/mol. The van der Waals surface area contributed by atoms with Crippen LogP contribution in [0, 0.1) is 5.82 Å². The number of carbonyl (C=O) groups is 1. The molecule has 7 heteroatoms. The molecule has 0 radical (unpaired) electrons. The van der Waals surface area contributed by atoms with Crippen LogP contribution in [0.15, 0.2) is 76.8 Å². The highest BCUT2D eigenvalue weighted by Gasteiger charge is 2.26. The molecule has 3 aromatic rings. The number of nitrogens with zero attached hydrogens (tertiary/aromatic N) is 1. The molecule has 0 N–H and O–H groups in total. The van der Waals surface area contributed by atoms with E-state index in [0.29, 0.717) is 0 Å². The third-order valence-electron chi connectivity index (χ3n) is 3.96. The summed E-state index contributed by atoms with van der Waals surface area (Å²) in [7, 11) is -2.82. The van der Waals surface area contributed by atoms with Crippen molar-refractivity contribution in [1.29, 1.82) is 0 Å². The Morgan fingerprint density at radius 1 is 0.964 bits per heavy atom. The van der Waals surface area contributed by atoms with Gasteiger partial charge in [-0.05, 0) is 47.5 Å². The Bertz CT molecular complexity index is 1120. The Morgan fingerprint density at radius 2 is 1.54 bits per heavy atom. The fourth-order valence-electron chi connectivity index (χ4n) is 2.51. The van der Waals surface area contributed by atoms with Crippen molar-refractivity contribution >= 4 is 28.0 Å². The molecule has 0 unspecified atom stereocenters. The molecular formula is C21H16FNO4S. The van der Waals surface area contributed by atoms with Gasteiger partial charge in [0.05, 0.1) is 17.6 Å². The van der Waals surface area contributed by atoms with Crippen molar-refractivity contribution in [3.8, 4) is 0 Å². The van der Waals surface area contributed by atoms with E-state index < -0.39 is 15.8 Å². The van der Waals surface area contributed by atoms with Gasteiger partial charge in [0.15, 0.2) is 5.03 Å². The molecule has 0 fully saturated rings. The topological polar surface area (TPSA) is 73.3 Å². The molecule has 0 aliphatic rings. The van der Waals surface area contributed by atoms with Crippen molar-refractivity contribution in [1.82, 2.24) is 4.98 Å². The first-order chi connectivity index (χ1) is 13.4. The Hall–Kier alpha value is -3.32. The molecule has 0 aliphatic heterocycles. The lowest BCUT2D eigenvalue weighted by Crippen LogP contribution is -2.13. The van der Waals surface area contributed by atoms with Crippen LogP contribution in [0.3, 0.4) is 0 Å². The maximum atomic E-state index is 12.9. The lowest BCUT2D eigenvalue weighted by atomic mass is 10.1. The van der Waals surface area contributed by atoms with E-state index in [2.05, 4.69) is 9.72 Å². The van der Waals surface area contributed by atoms with Crippen LogP contribution in [0.25, 0.3) is 12.2 Å². The Labute approximate surface area is 162 Å². The zero-order valence-corrected chi connectivity index (χ0v) is 15.7. The number of benzene rings is 2. The van der Waals surface area contributed by atoms with Crippen LogP contribution in [0.4, 0.5) is 4.39 Å². The summed E-state index contributed by atoms with van der Waals surface area (Å²) in [5.41, 5.74) is 1.46. The summed E-state index contributed by atoms with van der Waals surface area (Å²) in [5.74, 6) is -1.09. The third kappa shape index (κ3) is 4.15. The fraction of sp³-hybridized carbons (Fsp3) is 0.0476. The van der Waals surface area contributed by atoms with E-state index in [0.717, 1.165) is 11.1 Å². The van der Waals surface area contributed by atoms with E-state index in [1.54, 1.807) is 36.4 Å². The van der Waals surface area contributed by atoms with Gasteiger partial charge in [-0.25, -0.2) is 22.6 Å². The molecule has 0 amide bonds. The summed E-state index contributed by atoms with van der Waals surface area (Å²) < 4.78 is 43.3. The highest BCUT2D eigenvalue weighted by atomic mass is 32.2. The van der Waals surface area contributed by atoms with Gasteiger partial charge < -0.3 is 4.74 Å². The van der Waals surface area contributed by atoms with Crippen LogP contribution in [-0.2, 0) is 14.6 Å². The number of pyridine rings is 1. The maximum Gasteiger partial charge on any atom is 0.340 e. The fourth-order valence-corrected chi connectivity index (χ4v) is 3.86. The zero-order chi connectivity index (χ0) is 20.1. The van der Waals surface area contributed by atoms with Crippen molar-refractivity contribution in [3.63, 3.8) is 0 Å². The Morgan fingerprint density at radius 3 is 2.11 bits per heavy atom. The molecule has 0 bridgehead atoms. The van der Waals surface area contributed by atoms with Gasteiger partial charge in [0.25, 0.3) is 0 Å². The predicted octanol–water partition coefficient (Wildman–Crippen LogP) is 4.01.